The maximum absolute atomic E-state index is 10.9. The summed E-state index contributed by atoms with van der Waals surface area (Å²) in [7, 11) is -7.09. The highest BCUT2D eigenvalue weighted by atomic mass is 28.3. The predicted molar refractivity (Wildman–Crippen MR) is 372 cm³/mol. The van der Waals surface area contributed by atoms with Crippen molar-refractivity contribution in [3.8, 4) is 62.1 Å². The zero-order chi connectivity index (χ0) is 95.0. The molecule has 5 nitrogen and oxygen atoms in total. The van der Waals surface area contributed by atoms with Gasteiger partial charge in [-0.2, -0.15) is 0 Å². The molecule has 0 amide bonds. The van der Waals surface area contributed by atoms with Crippen LogP contribution in [0.25, 0.3) is 83.4 Å². The van der Waals surface area contributed by atoms with Crippen molar-refractivity contribution in [2.45, 2.75) is 70.8 Å². The minimum atomic E-state index is -7.09. The van der Waals surface area contributed by atoms with Gasteiger partial charge in [-0.1, -0.05) is 260 Å². The van der Waals surface area contributed by atoms with Crippen LogP contribution in [0, 0.1) is 6.33 Å². The van der Waals surface area contributed by atoms with Crippen molar-refractivity contribution in [1.29, 1.82) is 0 Å². The monoisotopic (exact) mass is 1210 g/mol. The fourth-order valence-corrected chi connectivity index (χ4v) is 15.9. The second-order valence-corrected chi connectivity index (χ2v) is 26.0. The van der Waals surface area contributed by atoms with E-state index in [9.17, 15) is 37.0 Å². The minimum Gasteiger partial charge on any atom is -0.458 e. The van der Waals surface area contributed by atoms with E-state index in [0.717, 1.165) is 55.3 Å². The molecule has 1 aliphatic carbocycles. The quantitative estimate of drug-likeness (QED) is 0.0529. The number of fused-ring (bicyclic) bond motifs is 5. The molecule has 3 heterocycles. The van der Waals surface area contributed by atoms with Gasteiger partial charge in [-0.25, -0.2) is 4.98 Å². The molecule has 0 bridgehead atoms. The third-order valence-electron chi connectivity index (χ3n) is 15.9. The lowest BCUT2D eigenvalue weighted by Gasteiger charge is -2.37. The normalized spacial score (nSPS) is 20.7. The molecule has 0 atom stereocenters. The summed E-state index contributed by atoms with van der Waals surface area (Å²) >= 11 is 0. The summed E-state index contributed by atoms with van der Waals surface area (Å²) in [6.45, 7) is -10.6. The smallest absolute Gasteiger partial charge is 0.269 e. The van der Waals surface area contributed by atoms with Crippen molar-refractivity contribution in [1.82, 2.24) is 14.1 Å². The molecule has 0 radical (unpaired) electrons. The number of pyridine rings is 1. The predicted octanol–water partition coefficient (Wildman–Crippen LogP) is 17.6. The minimum absolute atomic E-state index is 0.0127. The van der Waals surface area contributed by atoms with Crippen LogP contribution >= 0.6 is 0 Å². The van der Waals surface area contributed by atoms with Crippen molar-refractivity contribution in [2.24, 2.45) is 0 Å². The largest absolute Gasteiger partial charge is 0.458 e. The second-order valence-electron chi connectivity index (χ2n) is 22.4. The molecule has 0 N–H and O–H groups in total. The maximum Gasteiger partial charge on any atom is 0.269 e. The molecule has 0 saturated carbocycles. The molecule has 3 aromatic heterocycles. The summed E-state index contributed by atoms with van der Waals surface area (Å²) in [6, 6.07) is -7.87. The Bertz CT molecular complexity index is 6900. The number of benzene rings is 11. The number of ether oxygens (including phenoxy) is 1. The van der Waals surface area contributed by atoms with Crippen molar-refractivity contribution >= 4 is 61.7 Å². The van der Waals surface area contributed by atoms with Crippen LogP contribution in [0.15, 0.2) is 285 Å². The number of hydrogen-bond donors (Lipinski definition) is 0. The summed E-state index contributed by atoms with van der Waals surface area (Å²) in [5.74, 6) is 0.720. The molecule has 15 rings (SSSR count). The summed E-state index contributed by atoms with van der Waals surface area (Å²) in [6.07, 6.45) is 2.85. The van der Waals surface area contributed by atoms with Gasteiger partial charge in [0.25, 0.3) is 6.33 Å². The van der Waals surface area contributed by atoms with Gasteiger partial charge in [-0.15, -0.1) is 0 Å². The summed E-state index contributed by atoms with van der Waals surface area (Å²) in [4.78, 5) is 4.81. The van der Waals surface area contributed by atoms with Crippen LogP contribution in [0.5, 0.6) is 11.5 Å². The van der Waals surface area contributed by atoms with Crippen molar-refractivity contribution < 1.29 is 64.1 Å². The van der Waals surface area contributed by atoms with Crippen LogP contribution in [0.3, 0.4) is 0 Å². The van der Waals surface area contributed by atoms with Crippen LogP contribution in [-0.2, 0) is 16.2 Å². The molecule has 11 aromatic carbocycles. The topological polar surface area (TPSA) is 35.9 Å². The summed E-state index contributed by atoms with van der Waals surface area (Å²) in [5, 5.41) is -3.46. The first-order chi connectivity index (χ1) is 59.8. The Kier molecular flexibility index (Phi) is 6.58. The van der Waals surface area contributed by atoms with Crippen LogP contribution in [-0.4, -0.2) is 22.2 Å². The first-order valence-electron chi connectivity index (χ1n) is 47.8. The van der Waals surface area contributed by atoms with Gasteiger partial charge < -0.3 is 4.74 Å². The molecule has 0 unspecified atom stereocenters. The molecular formula is C83H70N4OSi. The molecule has 0 fully saturated rings. The van der Waals surface area contributed by atoms with Gasteiger partial charge in [0.2, 0.25) is 0 Å². The van der Waals surface area contributed by atoms with Gasteiger partial charge in [-0.05, 0) is 154 Å². The summed E-state index contributed by atoms with van der Waals surface area (Å²) in [5.41, 5.74) is -16.0. The van der Waals surface area contributed by atoms with Crippen LogP contribution in [0.1, 0.15) is 126 Å². The highest BCUT2D eigenvalue weighted by molar-refractivity contribution is 7.20. The Morgan fingerprint density at radius 2 is 1.15 bits per heavy atom. The number of aromatic nitrogens is 4. The van der Waals surface area contributed by atoms with E-state index in [2.05, 4.69) is 6.33 Å². The van der Waals surface area contributed by atoms with E-state index < -0.39 is 293 Å². The number of nitrogens with zero attached hydrogens (tertiary/aromatic N) is 4. The lowest BCUT2D eigenvalue weighted by Crippen LogP contribution is -2.76. The standard InChI is InChI=1S/C83H70N4OSi/c1-81(2,3)62-46-47-84-79(52-62)87-74-39-24-23-38-69(74)70-43-42-65(54-76(70)87)88-64-31-25-30-63(53-64)85-56-86(75-45-41-59(50-77(75)85)57-26-13-8-14-27-57)80-71(60-40-44-72-73(49-60)83(6,7)55-82(72,4)5)48-61(58-28-15-9-16-29-58)51-78(80)89(66-32-17-10-18-33-66,67-34-19-11-20-35-67)68-36-21-12-22-37-68/h8-54H,55H2,1-7H3/i4D3,5D3,6D3,7D3,8D,9D,10D,11D,12D,13D,14D,15D,16D,17D,18D,19D,20D,21D,22D,26D,27D,28D,29D,32D,33D,34D,35D,36D,37D,40D,44D,49D. The SMILES string of the molecule is [2H]c1c([2H])c([2H])c(-c2cc(-c3c([2H])c([2H])c4c(c3[2H])C(C([2H])([2H])[2H])(C([2H])([2H])[2H])CC4(C([2H])([2H])[2H])C([2H])([2H])[2H])c(-[n+]3[c-]n(-c4cccc(Oc5ccc6c7ccccc7n(-c7cc(C(C)(C)C)ccn7)c6c5)c4)c4cc(-c5c([2H])c([2H])c([2H])c([2H])c5[2H])ccc43)c([Si](c3c([2H])c([2H])c([2H])c([2H])c3[2H])(c3c([2H])c([2H])c([2H])c([2H])c3[2H])c3c([2H])c([2H])c([2H])c([2H])c3[2H])c2)c([2H])c1[2H]. The Labute approximate surface area is 579 Å². The van der Waals surface area contributed by atoms with Gasteiger partial charge in [0.1, 0.15) is 17.3 Å². The van der Waals surface area contributed by atoms with Crippen LogP contribution in [0.4, 0.5) is 0 Å². The highest BCUT2D eigenvalue weighted by Crippen LogP contribution is 2.51. The van der Waals surface area contributed by atoms with Crippen molar-refractivity contribution in [3.63, 3.8) is 0 Å². The zero-order valence-corrected chi connectivity index (χ0v) is 48.4. The van der Waals surface area contributed by atoms with Crippen molar-refractivity contribution in [2.75, 3.05) is 0 Å². The zero-order valence-electron chi connectivity index (χ0n) is 87.4. The Hall–Kier alpha value is -10.1. The molecule has 0 saturated heterocycles. The first-order valence-corrected chi connectivity index (χ1v) is 29.8. The molecule has 89 heavy (non-hydrogen) atoms. The number of para-hydroxylation sites is 1. The average molecular weight is 1210 g/mol. The second kappa shape index (κ2) is 21.6. The lowest BCUT2D eigenvalue weighted by atomic mass is 9.82. The molecular weight excluding hydrogens is 1100 g/mol. The Morgan fingerprint density at radius 3 is 1.81 bits per heavy atom. The van der Waals surface area contributed by atoms with Gasteiger partial charge in [-0.3, -0.25) is 13.7 Å². The fourth-order valence-electron chi connectivity index (χ4n) is 11.8. The van der Waals surface area contributed by atoms with Gasteiger partial charge >= 0.3 is 0 Å². The van der Waals surface area contributed by atoms with Gasteiger partial charge in [0.05, 0.1) is 71.8 Å². The molecule has 0 aliphatic heterocycles. The van der Waals surface area contributed by atoms with Crippen molar-refractivity contribution in [3.05, 3.63) is 308 Å². The Balaban J connectivity index is 1.24. The molecule has 0 spiro atoms. The lowest BCUT2D eigenvalue weighted by molar-refractivity contribution is -0.570. The number of rotatable bonds is 12. The van der Waals surface area contributed by atoms with E-state index in [1.165, 1.54) is 30.3 Å². The van der Waals surface area contributed by atoms with E-state index in [1.807, 2.05) is 67.8 Å². The molecule has 432 valence electrons. The number of imidazole rings is 1. The van der Waals surface area contributed by atoms with Crippen LogP contribution in [0.2, 0.25) is 0 Å². The van der Waals surface area contributed by atoms with E-state index in [0.29, 0.717) is 11.3 Å². The fraction of sp³-hybridized carbons (Fsp3) is 0.133. The van der Waals surface area contributed by atoms with E-state index >= 15 is 0 Å². The van der Waals surface area contributed by atoms with E-state index in [4.69, 9.17) is 27.5 Å². The Morgan fingerprint density at radius 1 is 0.528 bits per heavy atom. The molecule has 6 heteroatoms. The van der Waals surface area contributed by atoms with Gasteiger partial charge in [0, 0.05) is 39.5 Å². The highest BCUT2D eigenvalue weighted by Gasteiger charge is 2.46. The van der Waals surface area contributed by atoms with Gasteiger partial charge in [0.15, 0.2) is 8.07 Å². The van der Waals surface area contributed by atoms with E-state index in [1.54, 1.807) is 18.3 Å². The summed E-state index contributed by atoms with van der Waals surface area (Å²) < 4.78 is 393. The third-order valence-corrected chi connectivity index (χ3v) is 20.0. The first kappa shape index (κ1) is 27.1. The number of hydrogen-bond acceptors (Lipinski definition) is 2. The van der Waals surface area contributed by atoms with E-state index in [-0.39, 0.29) is 33.7 Å². The molecule has 1 aliphatic rings. The van der Waals surface area contributed by atoms with Crippen LogP contribution < -0.4 is 30.1 Å². The average Bonchev–Trinajstić information content (AvgIpc) is 1.36. The maximum atomic E-state index is 10.9. The molecule has 14 aromatic rings. The third kappa shape index (κ3) is 9.62.